The van der Waals surface area contributed by atoms with E-state index in [0.29, 0.717) is 50.9 Å². The molecule has 0 saturated carbocycles. The lowest BCUT2D eigenvalue weighted by Gasteiger charge is -2.08. The summed E-state index contributed by atoms with van der Waals surface area (Å²) in [5.41, 5.74) is 3.08. The number of carbonyl (C=O) groups excluding carboxylic acids is 2. The van der Waals surface area contributed by atoms with Gasteiger partial charge >= 0.3 is 5.97 Å². The average molecular weight is 536 g/mol. The number of rotatable bonds is 11. The first-order valence-corrected chi connectivity index (χ1v) is 11.6. The number of carbonyl (C=O) groups is 2. The van der Waals surface area contributed by atoms with E-state index in [1.54, 1.807) is 66.7 Å². The number of hydrazone groups is 1. The molecule has 0 bridgehead atoms. The van der Waals surface area contributed by atoms with E-state index in [1.165, 1.54) is 6.21 Å². The molecule has 0 heterocycles. The van der Waals surface area contributed by atoms with Gasteiger partial charge in [-0.15, -0.1) is 0 Å². The molecule has 1 N–H and O–H groups in total. The highest BCUT2D eigenvalue weighted by Crippen LogP contribution is 2.27. The molecule has 1 amide bonds. The Morgan fingerprint density at radius 3 is 2.26 bits per heavy atom. The highest BCUT2D eigenvalue weighted by atomic mass is 35.5. The van der Waals surface area contributed by atoms with Crippen LogP contribution in [0.3, 0.4) is 0 Å². The fourth-order valence-corrected chi connectivity index (χ4v) is 3.28. The molecule has 0 saturated heterocycles. The Labute approximate surface area is 217 Å². The first-order valence-electron chi connectivity index (χ1n) is 10.5. The zero-order chi connectivity index (χ0) is 25.0. The lowest BCUT2D eigenvalue weighted by atomic mass is 10.2. The summed E-state index contributed by atoms with van der Waals surface area (Å²) in [6.45, 7) is 0.119. The Kier molecular flexibility index (Phi) is 10.2. The molecular weight excluding hydrogens is 515 g/mol. The van der Waals surface area contributed by atoms with Crippen LogP contribution in [0.15, 0.2) is 71.8 Å². The second-order valence-corrected chi connectivity index (χ2v) is 8.39. The van der Waals surface area contributed by atoms with E-state index >= 15 is 0 Å². The quantitative estimate of drug-likeness (QED) is 0.108. The van der Waals surface area contributed by atoms with Crippen LogP contribution in [0.5, 0.6) is 17.2 Å². The standard InChI is InChI=1S/C25H21Cl3N2O5/c26-18-5-10-20(11-6-18)34-16-24(31)30-29-15-17-3-8-21(9-4-17)35-25(32)2-1-13-33-23-12-7-19(27)14-22(23)28/h3-12,14-15H,1-2,13,16H2,(H,30,31). The topological polar surface area (TPSA) is 86.2 Å². The summed E-state index contributed by atoms with van der Waals surface area (Å²) in [5.74, 6) is 0.632. The van der Waals surface area contributed by atoms with Crippen LogP contribution in [0.2, 0.25) is 15.1 Å². The Balaban J connectivity index is 1.34. The predicted molar refractivity (Wildman–Crippen MR) is 136 cm³/mol. The number of nitrogens with zero attached hydrogens (tertiary/aromatic N) is 1. The summed E-state index contributed by atoms with van der Waals surface area (Å²) >= 11 is 17.7. The fraction of sp³-hybridized carbons (Fsp3) is 0.160. The molecule has 0 atom stereocenters. The number of halogens is 3. The van der Waals surface area contributed by atoms with Crippen LogP contribution in [0.4, 0.5) is 0 Å². The second-order valence-electron chi connectivity index (χ2n) is 7.11. The molecule has 10 heteroatoms. The number of esters is 1. The van der Waals surface area contributed by atoms with Crippen molar-refractivity contribution in [2.45, 2.75) is 12.8 Å². The molecule has 0 fully saturated rings. The lowest BCUT2D eigenvalue weighted by molar-refractivity contribution is -0.134. The summed E-state index contributed by atoms with van der Waals surface area (Å²) in [6, 6.07) is 18.3. The van der Waals surface area contributed by atoms with Crippen LogP contribution in [0.1, 0.15) is 18.4 Å². The fourth-order valence-electron chi connectivity index (χ4n) is 2.69. The van der Waals surface area contributed by atoms with E-state index in [4.69, 9.17) is 49.0 Å². The van der Waals surface area contributed by atoms with Gasteiger partial charge in [-0.25, -0.2) is 5.43 Å². The van der Waals surface area contributed by atoms with Crippen LogP contribution in [0, 0.1) is 0 Å². The van der Waals surface area contributed by atoms with Gasteiger partial charge in [-0.3, -0.25) is 9.59 Å². The van der Waals surface area contributed by atoms with E-state index in [2.05, 4.69) is 10.5 Å². The van der Waals surface area contributed by atoms with Crippen molar-refractivity contribution in [3.05, 3.63) is 87.4 Å². The molecular formula is C25H21Cl3N2O5. The summed E-state index contributed by atoms with van der Waals surface area (Å²) in [5, 5.41) is 5.39. The number of ether oxygens (including phenoxy) is 3. The van der Waals surface area contributed by atoms with Crippen molar-refractivity contribution in [1.29, 1.82) is 0 Å². The minimum atomic E-state index is -0.413. The van der Waals surface area contributed by atoms with Crippen molar-refractivity contribution < 1.29 is 23.8 Å². The van der Waals surface area contributed by atoms with Gasteiger partial charge in [-0.1, -0.05) is 34.8 Å². The summed E-state index contributed by atoms with van der Waals surface area (Å²) in [4.78, 5) is 23.8. The molecule has 7 nitrogen and oxygen atoms in total. The molecule has 0 aliphatic rings. The van der Waals surface area contributed by atoms with Gasteiger partial charge in [-0.2, -0.15) is 5.10 Å². The minimum Gasteiger partial charge on any atom is -0.492 e. The second kappa shape index (κ2) is 13.6. The Hall–Kier alpha value is -3.26. The molecule has 3 aromatic carbocycles. The van der Waals surface area contributed by atoms with Gasteiger partial charge < -0.3 is 14.2 Å². The van der Waals surface area contributed by atoms with Gasteiger partial charge in [0.1, 0.15) is 17.2 Å². The number of benzene rings is 3. The average Bonchev–Trinajstić information content (AvgIpc) is 2.84. The molecule has 182 valence electrons. The maximum Gasteiger partial charge on any atom is 0.311 e. The zero-order valence-electron chi connectivity index (χ0n) is 18.4. The van der Waals surface area contributed by atoms with E-state index in [9.17, 15) is 9.59 Å². The maximum absolute atomic E-state index is 12.0. The highest BCUT2D eigenvalue weighted by molar-refractivity contribution is 6.35. The van der Waals surface area contributed by atoms with Crippen LogP contribution >= 0.6 is 34.8 Å². The third-order valence-electron chi connectivity index (χ3n) is 4.37. The first kappa shape index (κ1) is 26.3. The van der Waals surface area contributed by atoms with E-state index < -0.39 is 5.91 Å². The number of nitrogens with one attached hydrogen (secondary N) is 1. The third kappa shape index (κ3) is 9.48. The molecule has 0 aliphatic carbocycles. The molecule has 3 aromatic rings. The van der Waals surface area contributed by atoms with E-state index in [-0.39, 0.29) is 19.0 Å². The van der Waals surface area contributed by atoms with Crippen LogP contribution in [0.25, 0.3) is 0 Å². The van der Waals surface area contributed by atoms with Crippen molar-refractivity contribution in [1.82, 2.24) is 5.43 Å². The van der Waals surface area contributed by atoms with Gasteiger partial charge in [0.05, 0.1) is 17.8 Å². The number of amides is 1. The Morgan fingerprint density at radius 2 is 1.54 bits per heavy atom. The number of hydrogen-bond donors (Lipinski definition) is 1. The summed E-state index contributed by atoms with van der Waals surface area (Å²) in [6.07, 6.45) is 2.10. The van der Waals surface area contributed by atoms with Crippen molar-refractivity contribution in [2.24, 2.45) is 5.10 Å². The van der Waals surface area contributed by atoms with Crippen molar-refractivity contribution in [3.63, 3.8) is 0 Å². The van der Waals surface area contributed by atoms with Gasteiger partial charge in [0.25, 0.3) is 5.91 Å². The molecule has 35 heavy (non-hydrogen) atoms. The van der Waals surface area contributed by atoms with Gasteiger partial charge in [0.15, 0.2) is 6.61 Å². The van der Waals surface area contributed by atoms with Gasteiger partial charge in [0.2, 0.25) is 0 Å². The molecule has 0 radical (unpaired) electrons. The van der Waals surface area contributed by atoms with Crippen LogP contribution in [-0.2, 0) is 9.59 Å². The molecule has 3 rings (SSSR count). The lowest BCUT2D eigenvalue weighted by Crippen LogP contribution is -2.24. The molecule has 0 aromatic heterocycles. The van der Waals surface area contributed by atoms with Crippen LogP contribution in [-0.4, -0.2) is 31.3 Å². The molecule has 0 spiro atoms. The molecule has 0 unspecified atom stereocenters. The normalized spacial score (nSPS) is 10.7. The largest absolute Gasteiger partial charge is 0.492 e. The predicted octanol–water partition coefficient (Wildman–Crippen LogP) is 5.94. The first-order chi connectivity index (χ1) is 16.9. The van der Waals surface area contributed by atoms with Gasteiger partial charge in [-0.05, 0) is 78.7 Å². The zero-order valence-corrected chi connectivity index (χ0v) is 20.6. The SMILES string of the molecule is O=C(COc1ccc(Cl)cc1)NN=Cc1ccc(OC(=O)CCCOc2ccc(Cl)cc2Cl)cc1. The summed E-state index contributed by atoms with van der Waals surface area (Å²) < 4.78 is 16.2. The number of hydrogen-bond acceptors (Lipinski definition) is 6. The molecule has 0 aliphatic heterocycles. The van der Waals surface area contributed by atoms with E-state index in [1.807, 2.05) is 0 Å². The third-order valence-corrected chi connectivity index (χ3v) is 5.16. The van der Waals surface area contributed by atoms with Crippen LogP contribution < -0.4 is 19.6 Å². The van der Waals surface area contributed by atoms with Crippen molar-refractivity contribution in [2.75, 3.05) is 13.2 Å². The monoisotopic (exact) mass is 534 g/mol. The minimum absolute atomic E-state index is 0.179. The van der Waals surface area contributed by atoms with Crippen molar-refractivity contribution >= 4 is 52.9 Å². The van der Waals surface area contributed by atoms with Gasteiger partial charge in [0, 0.05) is 16.5 Å². The Morgan fingerprint density at radius 1 is 0.857 bits per heavy atom. The smallest absolute Gasteiger partial charge is 0.311 e. The van der Waals surface area contributed by atoms with Crippen molar-refractivity contribution in [3.8, 4) is 17.2 Å². The highest BCUT2D eigenvalue weighted by Gasteiger charge is 2.07. The summed E-state index contributed by atoms with van der Waals surface area (Å²) in [7, 11) is 0. The Bertz CT molecular complexity index is 1170. The maximum atomic E-state index is 12.0. The van der Waals surface area contributed by atoms with E-state index in [0.717, 1.165) is 0 Å².